The Morgan fingerprint density at radius 2 is 2.12 bits per heavy atom. The van der Waals surface area contributed by atoms with Gasteiger partial charge in [0.15, 0.2) is 0 Å². The van der Waals surface area contributed by atoms with Crippen LogP contribution < -0.4 is 5.32 Å². The van der Waals surface area contributed by atoms with Crippen molar-refractivity contribution in [3.05, 3.63) is 0 Å². The van der Waals surface area contributed by atoms with Gasteiger partial charge in [-0.25, -0.2) is 9.59 Å². The SMILES string of the molecule is CCCOC(=O)NC(C)(CCSC)C(=O)O. The highest BCUT2D eigenvalue weighted by atomic mass is 32.2. The lowest BCUT2D eigenvalue weighted by atomic mass is 10.00. The Balaban J connectivity index is 4.31. The molecule has 6 heteroatoms. The molecule has 0 aliphatic heterocycles. The van der Waals surface area contributed by atoms with E-state index in [1.165, 1.54) is 18.7 Å². The van der Waals surface area contributed by atoms with E-state index in [2.05, 4.69) is 5.32 Å². The van der Waals surface area contributed by atoms with Gasteiger partial charge in [0.25, 0.3) is 0 Å². The van der Waals surface area contributed by atoms with E-state index in [1.54, 1.807) is 0 Å². The third-order valence-electron chi connectivity index (χ3n) is 2.09. The highest BCUT2D eigenvalue weighted by Gasteiger charge is 2.34. The first kappa shape index (κ1) is 15.1. The summed E-state index contributed by atoms with van der Waals surface area (Å²) in [4.78, 5) is 22.3. The Bertz CT molecular complexity index is 247. The molecule has 0 saturated heterocycles. The maximum Gasteiger partial charge on any atom is 0.408 e. The molecule has 0 rings (SSSR count). The van der Waals surface area contributed by atoms with Gasteiger partial charge in [0, 0.05) is 0 Å². The predicted octanol–water partition coefficient (Wildman–Crippen LogP) is 1.72. The monoisotopic (exact) mass is 249 g/mol. The number of ether oxygens (including phenoxy) is 1. The highest BCUT2D eigenvalue weighted by Crippen LogP contribution is 2.13. The van der Waals surface area contributed by atoms with Gasteiger partial charge in [-0.1, -0.05) is 6.92 Å². The molecule has 0 aliphatic carbocycles. The van der Waals surface area contributed by atoms with Gasteiger partial charge in [0.05, 0.1) is 6.61 Å². The van der Waals surface area contributed by atoms with Crippen molar-refractivity contribution in [2.45, 2.75) is 32.2 Å². The molecule has 16 heavy (non-hydrogen) atoms. The van der Waals surface area contributed by atoms with Crippen molar-refractivity contribution in [2.75, 3.05) is 18.6 Å². The summed E-state index contributed by atoms with van der Waals surface area (Å²) < 4.78 is 4.80. The fourth-order valence-electron chi connectivity index (χ4n) is 0.985. The van der Waals surface area contributed by atoms with Gasteiger partial charge >= 0.3 is 12.1 Å². The highest BCUT2D eigenvalue weighted by molar-refractivity contribution is 7.98. The molecule has 1 amide bonds. The average Bonchev–Trinajstić information content (AvgIpc) is 2.23. The van der Waals surface area contributed by atoms with Crippen molar-refractivity contribution in [1.29, 1.82) is 0 Å². The number of aliphatic carboxylic acids is 1. The number of thioether (sulfide) groups is 1. The van der Waals surface area contributed by atoms with E-state index in [0.29, 0.717) is 25.2 Å². The number of hydrogen-bond acceptors (Lipinski definition) is 4. The number of carbonyl (C=O) groups excluding carboxylic acids is 1. The summed E-state index contributed by atoms with van der Waals surface area (Å²) in [6, 6.07) is 0. The first-order valence-electron chi connectivity index (χ1n) is 5.13. The number of carboxylic acid groups (broad SMARTS) is 1. The van der Waals surface area contributed by atoms with Gasteiger partial charge in [-0.2, -0.15) is 11.8 Å². The lowest BCUT2D eigenvalue weighted by Crippen LogP contribution is -2.52. The summed E-state index contributed by atoms with van der Waals surface area (Å²) in [5.74, 6) is -0.383. The fraction of sp³-hybridized carbons (Fsp3) is 0.800. The van der Waals surface area contributed by atoms with Gasteiger partial charge in [-0.05, 0) is 31.8 Å². The summed E-state index contributed by atoms with van der Waals surface area (Å²) in [5.41, 5.74) is -1.26. The summed E-state index contributed by atoms with van der Waals surface area (Å²) in [5, 5.41) is 11.4. The van der Waals surface area contributed by atoms with Crippen LogP contribution in [0.25, 0.3) is 0 Å². The molecule has 1 unspecified atom stereocenters. The molecule has 2 N–H and O–H groups in total. The van der Waals surface area contributed by atoms with Gasteiger partial charge < -0.3 is 15.2 Å². The molecule has 0 saturated carbocycles. The quantitative estimate of drug-likeness (QED) is 0.718. The van der Waals surface area contributed by atoms with Crippen molar-refractivity contribution in [2.24, 2.45) is 0 Å². The van der Waals surface area contributed by atoms with Crippen LogP contribution in [0.3, 0.4) is 0 Å². The standard InChI is InChI=1S/C10H19NO4S/c1-4-6-15-9(14)11-10(2,8(12)13)5-7-16-3/h4-7H2,1-3H3,(H,11,14)(H,12,13). The number of amides is 1. The summed E-state index contributed by atoms with van der Waals surface area (Å²) >= 11 is 1.54. The first-order valence-corrected chi connectivity index (χ1v) is 6.53. The zero-order valence-electron chi connectivity index (χ0n) is 9.91. The molecule has 0 aromatic rings. The van der Waals surface area contributed by atoms with E-state index in [-0.39, 0.29) is 0 Å². The van der Waals surface area contributed by atoms with Crippen LogP contribution in [0.1, 0.15) is 26.7 Å². The van der Waals surface area contributed by atoms with Crippen molar-refractivity contribution < 1.29 is 19.4 Å². The molecular formula is C10H19NO4S. The molecule has 0 radical (unpaired) electrons. The van der Waals surface area contributed by atoms with Gasteiger partial charge in [0.2, 0.25) is 0 Å². The number of carbonyl (C=O) groups is 2. The summed E-state index contributed by atoms with van der Waals surface area (Å²) in [6.45, 7) is 3.65. The van der Waals surface area contributed by atoms with Crippen LogP contribution in [-0.2, 0) is 9.53 Å². The molecule has 94 valence electrons. The van der Waals surface area contributed by atoms with Gasteiger partial charge in [0.1, 0.15) is 5.54 Å². The molecule has 5 nitrogen and oxygen atoms in total. The van der Waals surface area contributed by atoms with Crippen molar-refractivity contribution in [3.8, 4) is 0 Å². The zero-order chi connectivity index (χ0) is 12.6. The van der Waals surface area contributed by atoms with Crippen LogP contribution in [0.4, 0.5) is 4.79 Å². The Morgan fingerprint density at radius 1 is 1.50 bits per heavy atom. The molecule has 0 bridgehead atoms. The second kappa shape index (κ2) is 7.38. The molecule has 0 aliphatic rings. The number of hydrogen-bond donors (Lipinski definition) is 2. The topological polar surface area (TPSA) is 75.6 Å². The molecule has 0 aromatic carbocycles. The maximum absolute atomic E-state index is 11.3. The van der Waals surface area contributed by atoms with Gasteiger partial charge in [-0.15, -0.1) is 0 Å². The molecule has 0 spiro atoms. The Kier molecular flexibility index (Phi) is 6.96. The van der Waals surface area contributed by atoms with Gasteiger partial charge in [-0.3, -0.25) is 0 Å². The maximum atomic E-state index is 11.3. The van der Waals surface area contributed by atoms with E-state index in [4.69, 9.17) is 9.84 Å². The second-order valence-corrected chi connectivity index (χ2v) is 4.63. The minimum absolute atomic E-state index is 0.296. The predicted molar refractivity (Wildman–Crippen MR) is 63.8 cm³/mol. The van der Waals surface area contributed by atoms with E-state index >= 15 is 0 Å². The lowest BCUT2D eigenvalue weighted by molar-refractivity contribution is -0.144. The third kappa shape index (κ3) is 5.25. The van der Waals surface area contributed by atoms with E-state index < -0.39 is 17.6 Å². The van der Waals surface area contributed by atoms with E-state index in [0.717, 1.165) is 0 Å². The smallest absolute Gasteiger partial charge is 0.408 e. The third-order valence-corrected chi connectivity index (χ3v) is 2.71. The van der Waals surface area contributed by atoms with Crippen LogP contribution in [0, 0.1) is 0 Å². The minimum atomic E-state index is -1.26. The minimum Gasteiger partial charge on any atom is -0.480 e. The summed E-state index contributed by atoms with van der Waals surface area (Å²) in [6.07, 6.45) is 2.29. The molecule has 1 atom stereocenters. The van der Waals surface area contributed by atoms with Crippen molar-refractivity contribution in [1.82, 2.24) is 5.32 Å². The Morgan fingerprint density at radius 3 is 2.56 bits per heavy atom. The van der Waals surface area contributed by atoms with Crippen molar-refractivity contribution in [3.63, 3.8) is 0 Å². The fourth-order valence-corrected chi connectivity index (χ4v) is 1.60. The van der Waals surface area contributed by atoms with Crippen molar-refractivity contribution >= 4 is 23.8 Å². The lowest BCUT2D eigenvalue weighted by Gasteiger charge is -2.25. The molecule has 0 aromatic heterocycles. The Labute approximate surface area is 99.9 Å². The van der Waals surface area contributed by atoms with Crippen LogP contribution in [0.2, 0.25) is 0 Å². The largest absolute Gasteiger partial charge is 0.480 e. The van der Waals surface area contributed by atoms with Crippen LogP contribution in [0.15, 0.2) is 0 Å². The van der Waals surface area contributed by atoms with Crippen LogP contribution >= 0.6 is 11.8 Å². The molecule has 0 heterocycles. The van der Waals surface area contributed by atoms with Crippen LogP contribution in [-0.4, -0.2) is 41.3 Å². The second-order valence-electron chi connectivity index (χ2n) is 3.64. The number of alkyl carbamates (subject to hydrolysis) is 1. The van der Waals surface area contributed by atoms with E-state index in [1.807, 2.05) is 13.2 Å². The van der Waals surface area contributed by atoms with Crippen LogP contribution in [0.5, 0.6) is 0 Å². The number of rotatable bonds is 7. The molecule has 0 fully saturated rings. The zero-order valence-corrected chi connectivity index (χ0v) is 10.7. The first-order chi connectivity index (χ1) is 7.46. The summed E-state index contributed by atoms with van der Waals surface area (Å²) in [7, 11) is 0. The number of carboxylic acids is 1. The molecular weight excluding hydrogens is 230 g/mol. The van der Waals surface area contributed by atoms with E-state index in [9.17, 15) is 9.59 Å². The number of nitrogens with one attached hydrogen (secondary N) is 1. The average molecular weight is 249 g/mol. The Hall–Kier alpha value is -0.910. The normalized spacial score (nSPS) is 13.9.